The molecule has 0 heterocycles. The molecule has 100 valence electrons. The number of hydrogen-bond acceptors (Lipinski definition) is 2. The molecule has 0 radical (unpaired) electrons. The van der Waals surface area contributed by atoms with Gasteiger partial charge in [0.1, 0.15) is 17.5 Å². The summed E-state index contributed by atoms with van der Waals surface area (Å²) < 4.78 is 40.5. The van der Waals surface area contributed by atoms with Crippen molar-refractivity contribution in [3.63, 3.8) is 0 Å². The molecule has 0 spiro atoms. The Bertz CT molecular complexity index is 587. The molecule has 0 amide bonds. The highest BCUT2D eigenvalue weighted by Crippen LogP contribution is 2.34. The van der Waals surface area contributed by atoms with E-state index in [4.69, 9.17) is 5.73 Å². The third kappa shape index (κ3) is 3.30. The van der Waals surface area contributed by atoms with E-state index >= 15 is 0 Å². The lowest BCUT2D eigenvalue weighted by molar-refractivity contribution is 0.575. The average Bonchev–Trinajstić information content (AvgIpc) is 2.38. The summed E-state index contributed by atoms with van der Waals surface area (Å²) in [5.41, 5.74) is 6.15. The van der Waals surface area contributed by atoms with Gasteiger partial charge in [-0.15, -0.1) is 0 Å². The summed E-state index contributed by atoms with van der Waals surface area (Å²) in [6.07, 6.45) is 0.483. The molecule has 2 rings (SSSR count). The van der Waals surface area contributed by atoms with Crippen LogP contribution in [0.3, 0.4) is 0 Å². The molecule has 0 bridgehead atoms. The maximum absolute atomic E-state index is 13.8. The van der Waals surface area contributed by atoms with Gasteiger partial charge in [-0.25, -0.2) is 13.2 Å². The van der Waals surface area contributed by atoms with Gasteiger partial charge in [-0.1, -0.05) is 23.9 Å². The van der Waals surface area contributed by atoms with Gasteiger partial charge >= 0.3 is 0 Å². The van der Waals surface area contributed by atoms with Crippen LogP contribution < -0.4 is 5.73 Å². The van der Waals surface area contributed by atoms with Crippen molar-refractivity contribution in [3.8, 4) is 0 Å². The van der Waals surface area contributed by atoms with Gasteiger partial charge in [-0.3, -0.25) is 0 Å². The maximum atomic E-state index is 13.8. The minimum Gasteiger partial charge on any atom is -0.330 e. The molecular formula is C14H12F3NS. The molecule has 0 saturated heterocycles. The largest absolute Gasteiger partial charge is 0.330 e. The molecular weight excluding hydrogens is 271 g/mol. The molecule has 0 aliphatic rings. The Balaban J connectivity index is 2.39. The lowest BCUT2D eigenvalue weighted by Crippen LogP contribution is -2.04. The van der Waals surface area contributed by atoms with Crippen LogP contribution in [0.15, 0.2) is 46.2 Å². The van der Waals surface area contributed by atoms with E-state index in [0.29, 0.717) is 18.5 Å². The van der Waals surface area contributed by atoms with Crippen LogP contribution in [0.25, 0.3) is 0 Å². The van der Waals surface area contributed by atoms with Crippen molar-refractivity contribution < 1.29 is 13.2 Å². The van der Waals surface area contributed by atoms with Gasteiger partial charge < -0.3 is 5.73 Å². The van der Waals surface area contributed by atoms with Crippen molar-refractivity contribution in [2.45, 2.75) is 16.2 Å². The van der Waals surface area contributed by atoms with Crippen molar-refractivity contribution in [2.75, 3.05) is 6.54 Å². The van der Waals surface area contributed by atoms with Gasteiger partial charge in [0.05, 0.1) is 9.79 Å². The zero-order chi connectivity index (χ0) is 13.8. The molecule has 2 aromatic rings. The second kappa shape index (κ2) is 6.12. The highest BCUT2D eigenvalue weighted by atomic mass is 32.2. The molecule has 0 atom stereocenters. The molecule has 2 aromatic carbocycles. The Morgan fingerprint density at radius 3 is 2.53 bits per heavy atom. The second-order valence-electron chi connectivity index (χ2n) is 3.94. The molecule has 0 unspecified atom stereocenters. The lowest BCUT2D eigenvalue weighted by atomic mass is 10.1. The van der Waals surface area contributed by atoms with Gasteiger partial charge in [0, 0.05) is 0 Å². The topological polar surface area (TPSA) is 26.0 Å². The number of halogens is 3. The third-order valence-corrected chi connectivity index (χ3v) is 3.76. The number of benzene rings is 2. The second-order valence-corrected chi connectivity index (χ2v) is 5.00. The zero-order valence-electron chi connectivity index (χ0n) is 10.00. The third-order valence-electron chi connectivity index (χ3n) is 2.57. The normalized spacial score (nSPS) is 10.7. The van der Waals surface area contributed by atoms with Crippen molar-refractivity contribution in [2.24, 2.45) is 5.73 Å². The Morgan fingerprint density at radius 1 is 1.00 bits per heavy atom. The van der Waals surface area contributed by atoms with Crippen molar-refractivity contribution >= 4 is 11.8 Å². The van der Waals surface area contributed by atoms with Crippen LogP contribution in [0.5, 0.6) is 0 Å². The van der Waals surface area contributed by atoms with Gasteiger partial charge in [-0.2, -0.15) is 0 Å². The summed E-state index contributed by atoms with van der Waals surface area (Å²) in [7, 11) is 0. The fraction of sp³-hybridized carbons (Fsp3) is 0.143. The summed E-state index contributed by atoms with van der Waals surface area (Å²) in [6.45, 7) is 0.364. The van der Waals surface area contributed by atoms with Gasteiger partial charge in [0.15, 0.2) is 0 Å². The predicted octanol–water partition coefficient (Wildman–Crippen LogP) is 3.76. The van der Waals surface area contributed by atoms with Gasteiger partial charge in [0.2, 0.25) is 0 Å². The quantitative estimate of drug-likeness (QED) is 0.924. The summed E-state index contributed by atoms with van der Waals surface area (Å²) in [4.78, 5) is 0.348. The number of hydrogen-bond donors (Lipinski definition) is 1. The van der Waals surface area contributed by atoms with E-state index in [1.54, 1.807) is 12.1 Å². The van der Waals surface area contributed by atoms with Gasteiger partial charge in [0.25, 0.3) is 0 Å². The first-order chi connectivity index (χ1) is 9.11. The van der Waals surface area contributed by atoms with Crippen molar-refractivity contribution in [3.05, 3.63) is 59.4 Å². The first kappa shape index (κ1) is 14.0. The van der Waals surface area contributed by atoms with E-state index in [1.165, 1.54) is 6.07 Å². The van der Waals surface area contributed by atoms with Crippen LogP contribution in [-0.2, 0) is 6.42 Å². The predicted molar refractivity (Wildman–Crippen MR) is 69.6 cm³/mol. The lowest BCUT2D eigenvalue weighted by Gasteiger charge is -2.10. The van der Waals surface area contributed by atoms with E-state index in [2.05, 4.69) is 0 Å². The summed E-state index contributed by atoms with van der Waals surface area (Å²) in [6, 6.07) is 7.71. The van der Waals surface area contributed by atoms with Crippen LogP contribution in [-0.4, -0.2) is 6.54 Å². The SMILES string of the molecule is NCCc1cccc(F)c1Sc1cc(F)ccc1F. The number of nitrogens with two attached hydrogens (primary N) is 1. The Morgan fingerprint density at radius 2 is 1.79 bits per heavy atom. The Labute approximate surface area is 113 Å². The molecule has 0 saturated carbocycles. The fourth-order valence-corrected chi connectivity index (χ4v) is 2.71. The number of rotatable bonds is 4. The fourth-order valence-electron chi connectivity index (χ4n) is 1.69. The molecule has 0 aromatic heterocycles. The highest BCUT2D eigenvalue weighted by molar-refractivity contribution is 7.99. The van der Waals surface area contributed by atoms with E-state index in [-0.39, 0.29) is 9.79 Å². The Kier molecular flexibility index (Phi) is 4.50. The Hall–Kier alpha value is -1.46. The van der Waals surface area contributed by atoms with E-state index < -0.39 is 17.5 Å². The molecule has 5 heteroatoms. The maximum Gasteiger partial charge on any atom is 0.137 e. The van der Waals surface area contributed by atoms with Crippen molar-refractivity contribution in [1.82, 2.24) is 0 Å². The molecule has 0 aliphatic heterocycles. The molecule has 2 N–H and O–H groups in total. The molecule has 19 heavy (non-hydrogen) atoms. The standard InChI is InChI=1S/C14H12F3NS/c15-10-4-5-11(16)13(8-10)19-14-9(6-7-18)2-1-3-12(14)17/h1-5,8H,6-7,18H2. The first-order valence-electron chi connectivity index (χ1n) is 5.72. The zero-order valence-corrected chi connectivity index (χ0v) is 10.8. The smallest absolute Gasteiger partial charge is 0.137 e. The summed E-state index contributed by atoms with van der Waals surface area (Å²) in [5, 5.41) is 0. The average molecular weight is 283 g/mol. The van der Waals surface area contributed by atoms with Crippen LogP contribution in [0.4, 0.5) is 13.2 Å². The van der Waals surface area contributed by atoms with Crippen LogP contribution in [0.1, 0.15) is 5.56 Å². The van der Waals surface area contributed by atoms with E-state index in [0.717, 1.165) is 30.0 Å². The van der Waals surface area contributed by atoms with Gasteiger partial charge in [-0.05, 0) is 42.8 Å². The molecule has 0 aliphatic carbocycles. The monoisotopic (exact) mass is 283 g/mol. The van der Waals surface area contributed by atoms with E-state index in [9.17, 15) is 13.2 Å². The molecule has 0 fully saturated rings. The first-order valence-corrected chi connectivity index (χ1v) is 6.54. The summed E-state index contributed by atoms with van der Waals surface area (Å²) in [5.74, 6) is -1.59. The van der Waals surface area contributed by atoms with Crippen molar-refractivity contribution in [1.29, 1.82) is 0 Å². The van der Waals surface area contributed by atoms with Crippen LogP contribution in [0, 0.1) is 17.5 Å². The summed E-state index contributed by atoms with van der Waals surface area (Å²) >= 11 is 0.876. The van der Waals surface area contributed by atoms with E-state index in [1.807, 2.05) is 0 Å². The van der Waals surface area contributed by atoms with Crippen LogP contribution in [0.2, 0.25) is 0 Å². The minimum atomic E-state index is -0.576. The minimum absolute atomic E-state index is 0.0587. The van der Waals surface area contributed by atoms with Crippen LogP contribution >= 0.6 is 11.8 Å². The highest BCUT2D eigenvalue weighted by Gasteiger charge is 2.13. The molecule has 1 nitrogen and oxygen atoms in total.